The summed E-state index contributed by atoms with van der Waals surface area (Å²) in [7, 11) is 0. The summed E-state index contributed by atoms with van der Waals surface area (Å²) in [6, 6.07) is 10.8. The molecule has 0 amide bonds. The van der Waals surface area contributed by atoms with E-state index in [1.807, 2.05) is 0 Å². The molecule has 0 aromatic heterocycles. The second kappa shape index (κ2) is 4.37. The Morgan fingerprint density at radius 3 is 2.00 bits per heavy atom. The minimum absolute atomic E-state index is 0.181. The maximum atomic E-state index is 11.9. The first-order chi connectivity index (χ1) is 7.58. The smallest absolute Gasteiger partial charge is 0.262 e. The molecule has 1 rings (SSSR count). The van der Waals surface area contributed by atoms with E-state index in [4.69, 9.17) is 10.5 Å². The SMILES string of the molecule is CC(=O)C(C#N)(C#N)C(=O)c1ccccc1. The molecule has 0 spiro atoms. The number of Topliss-reactive ketones (excluding diaryl/α,β-unsaturated/α-hetero) is 2. The van der Waals surface area contributed by atoms with Crippen LogP contribution in [0, 0.1) is 28.1 Å². The van der Waals surface area contributed by atoms with Gasteiger partial charge in [-0.1, -0.05) is 30.3 Å². The number of rotatable bonds is 3. The van der Waals surface area contributed by atoms with Crippen molar-refractivity contribution in [2.75, 3.05) is 0 Å². The molecule has 4 heteroatoms. The normalized spacial score (nSPS) is 9.94. The van der Waals surface area contributed by atoms with Crippen molar-refractivity contribution in [2.45, 2.75) is 6.92 Å². The third-order valence-corrected chi connectivity index (χ3v) is 2.24. The lowest BCUT2D eigenvalue weighted by Crippen LogP contribution is -2.35. The molecule has 0 bridgehead atoms. The molecule has 0 atom stereocenters. The molecule has 0 aliphatic rings. The molecule has 78 valence electrons. The van der Waals surface area contributed by atoms with Gasteiger partial charge in [0.05, 0.1) is 0 Å². The Morgan fingerprint density at radius 2 is 1.62 bits per heavy atom. The van der Waals surface area contributed by atoms with Crippen LogP contribution in [0.15, 0.2) is 30.3 Å². The highest BCUT2D eigenvalue weighted by atomic mass is 16.2. The van der Waals surface area contributed by atoms with Gasteiger partial charge in [0.25, 0.3) is 5.41 Å². The fraction of sp³-hybridized carbons (Fsp3) is 0.167. The summed E-state index contributed by atoms with van der Waals surface area (Å²) < 4.78 is 0. The summed E-state index contributed by atoms with van der Waals surface area (Å²) in [4.78, 5) is 23.2. The van der Waals surface area contributed by atoms with Gasteiger partial charge in [0.15, 0.2) is 5.78 Å². The molecule has 0 N–H and O–H groups in total. The topological polar surface area (TPSA) is 81.7 Å². The summed E-state index contributed by atoms with van der Waals surface area (Å²) in [5.74, 6) is -1.53. The van der Waals surface area contributed by atoms with Crippen LogP contribution in [0.4, 0.5) is 0 Å². The molecule has 16 heavy (non-hydrogen) atoms. The highest BCUT2D eigenvalue weighted by Crippen LogP contribution is 2.22. The Morgan fingerprint density at radius 1 is 1.12 bits per heavy atom. The predicted molar refractivity (Wildman–Crippen MR) is 55.1 cm³/mol. The van der Waals surface area contributed by atoms with Crippen molar-refractivity contribution >= 4 is 11.6 Å². The van der Waals surface area contributed by atoms with E-state index < -0.39 is 17.0 Å². The lowest BCUT2D eigenvalue weighted by atomic mass is 9.80. The van der Waals surface area contributed by atoms with Gasteiger partial charge in [-0.05, 0) is 6.92 Å². The predicted octanol–water partition coefficient (Wildman–Crippen LogP) is 1.49. The number of hydrogen-bond donors (Lipinski definition) is 0. The monoisotopic (exact) mass is 212 g/mol. The van der Waals surface area contributed by atoms with Gasteiger partial charge < -0.3 is 0 Å². The van der Waals surface area contributed by atoms with Crippen molar-refractivity contribution in [3.8, 4) is 12.1 Å². The summed E-state index contributed by atoms with van der Waals surface area (Å²) >= 11 is 0. The molecule has 0 aliphatic carbocycles. The molecule has 1 aromatic carbocycles. The average molecular weight is 212 g/mol. The molecule has 0 saturated carbocycles. The molecular formula is C12H8N2O2. The summed E-state index contributed by atoms with van der Waals surface area (Å²) in [6.45, 7) is 1.06. The number of carbonyl (C=O) groups is 2. The number of benzene rings is 1. The first-order valence-corrected chi connectivity index (χ1v) is 4.52. The van der Waals surface area contributed by atoms with E-state index >= 15 is 0 Å². The first kappa shape index (κ1) is 11.6. The molecule has 0 radical (unpaired) electrons. The molecular weight excluding hydrogens is 204 g/mol. The highest BCUT2D eigenvalue weighted by molar-refractivity contribution is 6.18. The lowest BCUT2D eigenvalue weighted by molar-refractivity contribution is -0.120. The maximum absolute atomic E-state index is 11.9. The number of nitrogens with zero attached hydrogens (tertiary/aromatic N) is 2. The zero-order valence-corrected chi connectivity index (χ0v) is 8.60. The van der Waals surface area contributed by atoms with Gasteiger partial charge in [-0.15, -0.1) is 0 Å². The Bertz CT molecular complexity index is 492. The van der Waals surface area contributed by atoms with Crippen LogP contribution in [0.2, 0.25) is 0 Å². The minimum Gasteiger partial charge on any atom is -0.296 e. The van der Waals surface area contributed by atoms with Crippen molar-refractivity contribution in [1.82, 2.24) is 0 Å². The third-order valence-electron chi connectivity index (χ3n) is 2.24. The van der Waals surface area contributed by atoms with Gasteiger partial charge >= 0.3 is 0 Å². The van der Waals surface area contributed by atoms with Crippen LogP contribution in [0.1, 0.15) is 17.3 Å². The van der Waals surface area contributed by atoms with Crippen LogP contribution in [-0.4, -0.2) is 11.6 Å². The number of ketones is 2. The van der Waals surface area contributed by atoms with Gasteiger partial charge in [0.1, 0.15) is 12.1 Å². The van der Waals surface area contributed by atoms with Gasteiger partial charge in [-0.3, -0.25) is 9.59 Å². The van der Waals surface area contributed by atoms with Crippen LogP contribution in [0.25, 0.3) is 0 Å². The van der Waals surface area contributed by atoms with Crippen molar-refractivity contribution in [3.63, 3.8) is 0 Å². The molecule has 4 nitrogen and oxygen atoms in total. The lowest BCUT2D eigenvalue weighted by Gasteiger charge is -2.12. The van der Waals surface area contributed by atoms with E-state index in [9.17, 15) is 9.59 Å². The third kappa shape index (κ3) is 1.69. The van der Waals surface area contributed by atoms with Crippen LogP contribution >= 0.6 is 0 Å². The highest BCUT2D eigenvalue weighted by Gasteiger charge is 2.44. The minimum atomic E-state index is -2.22. The fourth-order valence-corrected chi connectivity index (χ4v) is 1.25. The van der Waals surface area contributed by atoms with E-state index in [0.717, 1.165) is 6.92 Å². The standard InChI is InChI=1S/C12H8N2O2/c1-9(15)12(7-13,8-14)11(16)10-5-3-2-4-6-10/h2-6H,1H3. The van der Waals surface area contributed by atoms with E-state index in [2.05, 4.69) is 0 Å². The van der Waals surface area contributed by atoms with Crippen molar-refractivity contribution in [1.29, 1.82) is 10.5 Å². The summed E-state index contributed by atoms with van der Waals surface area (Å²) in [6.07, 6.45) is 0. The number of hydrogen-bond acceptors (Lipinski definition) is 4. The van der Waals surface area contributed by atoms with Crippen molar-refractivity contribution < 1.29 is 9.59 Å². The van der Waals surface area contributed by atoms with Gasteiger partial charge in [0.2, 0.25) is 5.78 Å². The largest absolute Gasteiger partial charge is 0.296 e. The Hall–Kier alpha value is -2.46. The van der Waals surface area contributed by atoms with Gasteiger partial charge in [-0.2, -0.15) is 10.5 Å². The molecule has 1 aromatic rings. The quantitative estimate of drug-likeness (QED) is 0.561. The van der Waals surface area contributed by atoms with E-state index in [-0.39, 0.29) is 5.56 Å². The Labute approximate surface area is 92.7 Å². The van der Waals surface area contributed by atoms with Crippen LogP contribution in [0.5, 0.6) is 0 Å². The second-order valence-corrected chi connectivity index (χ2v) is 3.22. The fourth-order valence-electron chi connectivity index (χ4n) is 1.25. The van der Waals surface area contributed by atoms with Crippen molar-refractivity contribution in [2.24, 2.45) is 5.41 Å². The summed E-state index contributed by atoms with van der Waals surface area (Å²) in [5.41, 5.74) is -2.04. The van der Waals surface area contributed by atoms with E-state index in [1.54, 1.807) is 18.2 Å². The van der Waals surface area contributed by atoms with E-state index in [0.29, 0.717) is 0 Å². The second-order valence-electron chi connectivity index (χ2n) is 3.22. The van der Waals surface area contributed by atoms with Crippen LogP contribution in [0.3, 0.4) is 0 Å². The van der Waals surface area contributed by atoms with E-state index in [1.165, 1.54) is 24.3 Å². The Kier molecular flexibility index (Phi) is 3.17. The maximum Gasteiger partial charge on any atom is 0.262 e. The molecule has 0 heterocycles. The molecule has 0 fully saturated rings. The van der Waals surface area contributed by atoms with Crippen molar-refractivity contribution in [3.05, 3.63) is 35.9 Å². The zero-order chi connectivity index (χ0) is 12.2. The first-order valence-electron chi connectivity index (χ1n) is 4.52. The molecule has 0 aliphatic heterocycles. The number of nitriles is 2. The average Bonchev–Trinajstić information content (AvgIpc) is 2.32. The molecule has 0 unspecified atom stereocenters. The van der Waals surface area contributed by atoms with Crippen LogP contribution < -0.4 is 0 Å². The van der Waals surface area contributed by atoms with Crippen LogP contribution in [-0.2, 0) is 4.79 Å². The van der Waals surface area contributed by atoms with Gasteiger partial charge in [-0.25, -0.2) is 0 Å². The number of carbonyl (C=O) groups excluding carboxylic acids is 2. The van der Waals surface area contributed by atoms with Gasteiger partial charge in [0, 0.05) is 5.56 Å². The zero-order valence-electron chi connectivity index (χ0n) is 8.60. The summed E-state index contributed by atoms with van der Waals surface area (Å²) in [5, 5.41) is 17.7. The molecule has 0 saturated heterocycles. The Balaban J connectivity index is 3.30.